The predicted octanol–water partition coefficient (Wildman–Crippen LogP) is 1.53. The van der Waals surface area contributed by atoms with Gasteiger partial charge in [-0.2, -0.15) is 0 Å². The number of aromatic nitrogens is 3. The van der Waals surface area contributed by atoms with Crippen molar-refractivity contribution in [2.45, 2.75) is 18.9 Å². The van der Waals surface area contributed by atoms with Gasteiger partial charge in [-0.3, -0.25) is 4.79 Å². The van der Waals surface area contributed by atoms with E-state index in [2.05, 4.69) is 31.7 Å². The summed E-state index contributed by atoms with van der Waals surface area (Å²) >= 11 is 0. The molecular formula is C19H21N5O3S. The second-order valence-corrected chi connectivity index (χ2v) is 9.10. The number of amides is 1. The maximum atomic E-state index is 12.3. The first-order valence-electron chi connectivity index (χ1n) is 9.13. The van der Waals surface area contributed by atoms with Crippen molar-refractivity contribution in [3.05, 3.63) is 54.0 Å². The number of rotatable bonds is 6. The van der Waals surface area contributed by atoms with Gasteiger partial charge < -0.3 is 15.6 Å². The van der Waals surface area contributed by atoms with Crippen molar-refractivity contribution >= 4 is 32.6 Å². The molecule has 1 atom stereocenters. The molecule has 1 aliphatic heterocycles. The first-order valence-corrected chi connectivity index (χ1v) is 11.0. The third kappa shape index (κ3) is 4.14. The first kappa shape index (κ1) is 18.4. The van der Waals surface area contributed by atoms with Crippen LogP contribution in [0.3, 0.4) is 0 Å². The number of nitrogens with one attached hydrogen (secondary N) is 3. The number of benzene rings is 1. The molecule has 1 amide bonds. The lowest BCUT2D eigenvalue weighted by Gasteiger charge is -2.11. The van der Waals surface area contributed by atoms with E-state index in [1.165, 1.54) is 23.2 Å². The number of para-hydroxylation sites is 1. The maximum absolute atomic E-state index is 12.3. The Bertz CT molecular complexity index is 1110. The van der Waals surface area contributed by atoms with Crippen LogP contribution in [0.2, 0.25) is 0 Å². The van der Waals surface area contributed by atoms with Crippen molar-refractivity contribution in [1.82, 2.24) is 20.3 Å². The van der Waals surface area contributed by atoms with E-state index in [4.69, 9.17) is 0 Å². The number of carbonyl (C=O) groups excluding carboxylic acids is 1. The van der Waals surface area contributed by atoms with Crippen LogP contribution in [-0.4, -0.2) is 53.4 Å². The Kier molecular flexibility index (Phi) is 4.99. The smallest absolute Gasteiger partial charge is 0.270 e. The number of aromatic amines is 1. The van der Waals surface area contributed by atoms with Gasteiger partial charge in [-0.1, -0.05) is 18.2 Å². The van der Waals surface area contributed by atoms with E-state index in [9.17, 15) is 13.2 Å². The van der Waals surface area contributed by atoms with Gasteiger partial charge in [0.15, 0.2) is 9.84 Å². The summed E-state index contributed by atoms with van der Waals surface area (Å²) in [5, 5.41) is 7.06. The van der Waals surface area contributed by atoms with E-state index in [0.29, 0.717) is 18.9 Å². The van der Waals surface area contributed by atoms with Crippen LogP contribution in [0.15, 0.2) is 42.7 Å². The third-order valence-electron chi connectivity index (χ3n) is 4.81. The molecule has 3 aromatic rings. The number of carbonyl (C=O) groups is 1. The predicted molar refractivity (Wildman–Crippen MR) is 107 cm³/mol. The first-order chi connectivity index (χ1) is 13.5. The molecule has 0 spiro atoms. The molecule has 0 aliphatic carbocycles. The molecule has 8 nitrogen and oxygen atoms in total. The molecule has 1 aliphatic rings. The van der Waals surface area contributed by atoms with E-state index in [0.717, 1.165) is 11.9 Å². The van der Waals surface area contributed by atoms with Crippen LogP contribution in [-0.2, 0) is 16.3 Å². The quantitative estimate of drug-likeness (QED) is 0.579. The summed E-state index contributed by atoms with van der Waals surface area (Å²) < 4.78 is 23.0. The van der Waals surface area contributed by atoms with E-state index in [-0.39, 0.29) is 29.1 Å². The Hall–Kier alpha value is -2.94. The highest BCUT2D eigenvalue weighted by molar-refractivity contribution is 7.91. The van der Waals surface area contributed by atoms with Crippen LogP contribution in [0.4, 0.5) is 5.95 Å². The molecule has 146 valence electrons. The topological polar surface area (TPSA) is 117 Å². The Balaban J connectivity index is 1.35. The van der Waals surface area contributed by atoms with Gasteiger partial charge in [0, 0.05) is 35.9 Å². The molecular weight excluding hydrogens is 378 g/mol. The average Bonchev–Trinajstić information content (AvgIpc) is 3.25. The van der Waals surface area contributed by atoms with Crippen LogP contribution < -0.4 is 10.6 Å². The normalized spacial score (nSPS) is 18.2. The monoisotopic (exact) mass is 399 g/mol. The van der Waals surface area contributed by atoms with Crippen molar-refractivity contribution in [1.29, 1.82) is 0 Å². The second kappa shape index (κ2) is 7.59. The second-order valence-electron chi connectivity index (χ2n) is 6.88. The highest BCUT2D eigenvalue weighted by atomic mass is 32.2. The van der Waals surface area contributed by atoms with E-state index < -0.39 is 9.84 Å². The number of H-pyrrole nitrogens is 1. The van der Waals surface area contributed by atoms with E-state index in [1.807, 2.05) is 24.4 Å². The molecule has 0 saturated carbocycles. The zero-order valence-corrected chi connectivity index (χ0v) is 16.0. The number of anilines is 1. The minimum absolute atomic E-state index is 0.0143. The number of nitrogens with zero attached hydrogens (tertiary/aromatic N) is 2. The minimum atomic E-state index is -3.04. The van der Waals surface area contributed by atoms with Gasteiger partial charge in [-0.25, -0.2) is 18.4 Å². The van der Waals surface area contributed by atoms with Crippen molar-refractivity contribution < 1.29 is 13.2 Å². The van der Waals surface area contributed by atoms with Gasteiger partial charge in [-0.05, 0) is 30.5 Å². The SMILES string of the molecule is O=C(NC1CCS(=O)(=O)C1)c1ccnc(NCCc2c[nH]c3ccccc23)n1. The molecule has 0 bridgehead atoms. The molecule has 2 aromatic heterocycles. The van der Waals surface area contributed by atoms with Crippen LogP contribution >= 0.6 is 0 Å². The summed E-state index contributed by atoms with van der Waals surface area (Å²) in [5.41, 5.74) is 2.51. The fourth-order valence-corrected chi connectivity index (χ4v) is 5.06. The molecule has 0 radical (unpaired) electrons. The number of fused-ring (bicyclic) bond motifs is 1. The lowest BCUT2D eigenvalue weighted by molar-refractivity contribution is 0.0936. The molecule has 1 fully saturated rings. The molecule has 1 unspecified atom stereocenters. The maximum Gasteiger partial charge on any atom is 0.270 e. The van der Waals surface area contributed by atoms with Gasteiger partial charge in [0.05, 0.1) is 11.5 Å². The number of sulfone groups is 1. The highest BCUT2D eigenvalue weighted by Gasteiger charge is 2.29. The molecule has 1 aromatic carbocycles. The summed E-state index contributed by atoms with van der Waals surface area (Å²) in [5.74, 6) is 0.0813. The summed E-state index contributed by atoms with van der Waals surface area (Å²) in [7, 11) is -3.04. The fourth-order valence-electron chi connectivity index (χ4n) is 3.39. The van der Waals surface area contributed by atoms with Crippen molar-refractivity contribution in [3.63, 3.8) is 0 Å². The van der Waals surface area contributed by atoms with Crippen molar-refractivity contribution in [3.8, 4) is 0 Å². The van der Waals surface area contributed by atoms with Crippen LogP contribution in [0.25, 0.3) is 10.9 Å². The minimum Gasteiger partial charge on any atom is -0.361 e. The van der Waals surface area contributed by atoms with Crippen molar-refractivity contribution in [2.24, 2.45) is 0 Å². The zero-order valence-electron chi connectivity index (χ0n) is 15.2. The zero-order chi connectivity index (χ0) is 19.6. The van der Waals surface area contributed by atoms with Crippen LogP contribution in [0.5, 0.6) is 0 Å². The number of hydrogen-bond acceptors (Lipinski definition) is 6. The largest absolute Gasteiger partial charge is 0.361 e. The third-order valence-corrected chi connectivity index (χ3v) is 6.58. The molecule has 1 saturated heterocycles. The lowest BCUT2D eigenvalue weighted by Crippen LogP contribution is -2.36. The molecule has 9 heteroatoms. The standard InChI is InChI=1S/C19H21N5O3S/c25-18(23-14-7-10-28(26,27)12-14)17-6-9-21-19(24-17)20-8-5-13-11-22-16-4-2-1-3-15(13)16/h1-4,6,9,11,14,22H,5,7-8,10,12H2,(H,23,25)(H,20,21,24). The molecule has 3 N–H and O–H groups in total. The molecule has 28 heavy (non-hydrogen) atoms. The Labute approximate surface area is 162 Å². The van der Waals surface area contributed by atoms with Gasteiger partial charge in [0.2, 0.25) is 5.95 Å². The van der Waals surface area contributed by atoms with Crippen LogP contribution in [0.1, 0.15) is 22.5 Å². The highest BCUT2D eigenvalue weighted by Crippen LogP contribution is 2.18. The van der Waals surface area contributed by atoms with E-state index in [1.54, 1.807) is 0 Å². The average molecular weight is 399 g/mol. The Morgan fingerprint density at radius 3 is 2.93 bits per heavy atom. The summed E-state index contributed by atoms with van der Waals surface area (Å²) in [6, 6.07) is 9.27. The van der Waals surface area contributed by atoms with Gasteiger partial charge >= 0.3 is 0 Å². The van der Waals surface area contributed by atoms with Crippen molar-refractivity contribution in [2.75, 3.05) is 23.4 Å². The summed E-state index contributed by atoms with van der Waals surface area (Å²) in [6.45, 7) is 0.619. The van der Waals surface area contributed by atoms with E-state index >= 15 is 0 Å². The fraction of sp³-hybridized carbons (Fsp3) is 0.316. The van der Waals surface area contributed by atoms with Gasteiger partial charge in [-0.15, -0.1) is 0 Å². The number of hydrogen-bond donors (Lipinski definition) is 3. The Morgan fingerprint density at radius 1 is 1.25 bits per heavy atom. The summed E-state index contributed by atoms with van der Waals surface area (Å²) in [6.07, 6.45) is 4.73. The summed E-state index contributed by atoms with van der Waals surface area (Å²) in [4.78, 5) is 24.0. The van der Waals surface area contributed by atoms with Gasteiger partial charge in [0.1, 0.15) is 5.69 Å². The molecule has 4 rings (SSSR count). The van der Waals surface area contributed by atoms with Crippen LogP contribution in [0, 0.1) is 0 Å². The Morgan fingerprint density at radius 2 is 2.11 bits per heavy atom. The molecule has 3 heterocycles. The van der Waals surface area contributed by atoms with Gasteiger partial charge in [0.25, 0.3) is 5.91 Å². The lowest BCUT2D eigenvalue weighted by atomic mass is 10.1.